The summed E-state index contributed by atoms with van der Waals surface area (Å²) in [7, 11) is 0. The first-order chi connectivity index (χ1) is 8.11. The fourth-order valence-electron chi connectivity index (χ4n) is 1.62. The van der Waals surface area contributed by atoms with Gasteiger partial charge in [-0.1, -0.05) is 29.8 Å². The van der Waals surface area contributed by atoms with Crippen LogP contribution in [0.25, 0.3) is 0 Å². The van der Waals surface area contributed by atoms with Crippen LogP contribution in [0.4, 0.5) is 0 Å². The van der Waals surface area contributed by atoms with E-state index in [1.54, 1.807) is 0 Å². The lowest BCUT2D eigenvalue weighted by Gasteiger charge is -2.14. The molecule has 0 aliphatic carbocycles. The van der Waals surface area contributed by atoms with Crippen LogP contribution in [-0.2, 0) is 11.3 Å². The number of nitriles is 1. The molecule has 0 spiro atoms. The van der Waals surface area contributed by atoms with Crippen molar-refractivity contribution in [1.29, 1.82) is 5.26 Å². The third-order valence-corrected chi connectivity index (χ3v) is 2.33. The largest absolute Gasteiger partial charge is 0.374 e. The van der Waals surface area contributed by atoms with Gasteiger partial charge in [0.15, 0.2) is 0 Å². The Labute approximate surface area is 103 Å². The third kappa shape index (κ3) is 5.48. The number of hydrogen-bond acceptors (Lipinski definition) is 3. The topological polar surface area (TPSA) is 45.0 Å². The number of hydrogen-bond donors (Lipinski definition) is 1. The molecule has 0 bridgehead atoms. The van der Waals surface area contributed by atoms with Gasteiger partial charge in [0.1, 0.15) is 6.04 Å². The van der Waals surface area contributed by atoms with Gasteiger partial charge >= 0.3 is 0 Å². The summed E-state index contributed by atoms with van der Waals surface area (Å²) in [4.78, 5) is 0. The highest BCUT2D eigenvalue weighted by molar-refractivity contribution is 5.21. The first-order valence-corrected chi connectivity index (χ1v) is 5.90. The van der Waals surface area contributed by atoms with Crippen molar-refractivity contribution in [3.63, 3.8) is 0 Å². The molecule has 3 nitrogen and oxygen atoms in total. The second-order valence-electron chi connectivity index (χ2n) is 4.51. The van der Waals surface area contributed by atoms with Gasteiger partial charge in [0, 0.05) is 6.04 Å². The van der Waals surface area contributed by atoms with Crippen LogP contribution in [0.2, 0.25) is 0 Å². The standard InChI is InChI=1S/C14H20N2O/c1-11(2)16-14(8-15)10-17-9-13-6-4-5-12(3)7-13/h4-7,11,14,16H,9-10H2,1-3H3. The van der Waals surface area contributed by atoms with E-state index in [0.717, 1.165) is 5.56 Å². The Morgan fingerprint density at radius 1 is 1.41 bits per heavy atom. The minimum absolute atomic E-state index is 0.236. The second kappa shape index (κ2) is 7.05. The minimum Gasteiger partial charge on any atom is -0.374 e. The Balaban J connectivity index is 2.34. The van der Waals surface area contributed by atoms with Crippen LogP contribution in [0.15, 0.2) is 24.3 Å². The average molecular weight is 232 g/mol. The van der Waals surface area contributed by atoms with Crippen LogP contribution in [0.3, 0.4) is 0 Å². The zero-order valence-corrected chi connectivity index (χ0v) is 10.7. The van der Waals surface area contributed by atoms with E-state index in [9.17, 15) is 0 Å². The number of rotatable bonds is 6. The van der Waals surface area contributed by atoms with Gasteiger partial charge in [0.2, 0.25) is 0 Å². The van der Waals surface area contributed by atoms with Gasteiger partial charge in [-0.25, -0.2) is 0 Å². The van der Waals surface area contributed by atoms with E-state index >= 15 is 0 Å². The summed E-state index contributed by atoms with van der Waals surface area (Å²) in [6.07, 6.45) is 0. The highest BCUT2D eigenvalue weighted by atomic mass is 16.5. The molecule has 17 heavy (non-hydrogen) atoms. The van der Waals surface area contributed by atoms with Crippen LogP contribution in [0.5, 0.6) is 0 Å². The normalized spacial score (nSPS) is 12.4. The van der Waals surface area contributed by atoms with Crippen molar-refractivity contribution in [2.24, 2.45) is 0 Å². The molecular formula is C14H20N2O. The lowest BCUT2D eigenvalue weighted by atomic mass is 10.1. The molecule has 0 aromatic heterocycles. The molecule has 0 saturated heterocycles. The van der Waals surface area contributed by atoms with Crippen molar-refractivity contribution in [2.45, 2.75) is 39.5 Å². The summed E-state index contributed by atoms with van der Waals surface area (Å²) < 4.78 is 5.54. The fraction of sp³-hybridized carbons (Fsp3) is 0.500. The maximum absolute atomic E-state index is 8.92. The fourth-order valence-corrected chi connectivity index (χ4v) is 1.62. The zero-order chi connectivity index (χ0) is 12.7. The quantitative estimate of drug-likeness (QED) is 0.819. The van der Waals surface area contributed by atoms with E-state index in [-0.39, 0.29) is 6.04 Å². The highest BCUT2D eigenvalue weighted by Gasteiger charge is 2.08. The molecular weight excluding hydrogens is 212 g/mol. The number of benzene rings is 1. The van der Waals surface area contributed by atoms with E-state index in [4.69, 9.17) is 10.00 Å². The molecule has 1 aromatic carbocycles. The average Bonchev–Trinajstić information content (AvgIpc) is 2.27. The van der Waals surface area contributed by atoms with Crippen molar-refractivity contribution >= 4 is 0 Å². The molecule has 0 aliphatic rings. The summed E-state index contributed by atoms with van der Waals surface area (Å²) in [5.74, 6) is 0. The molecule has 1 aromatic rings. The summed E-state index contributed by atoms with van der Waals surface area (Å²) in [5.41, 5.74) is 2.37. The first-order valence-electron chi connectivity index (χ1n) is 5.90. The van der Waals surface area contributed by atoms with E-state index in [2.05, 4.69) is 30.4 Å². The van der Waals surface area contributed by atoms with Crippen molar-refractivity contribution in [3.8, 4) is 6.07 Å². The molecule has 3 heteroatoms. The number of ether oxygens (including phenoxy) is 1. The summed E-state index contributed by atoms with van der Waals surface area (Å²) in [5, 5.41) is 12.1. The van der Waals surface area contributed by atoms with Gasteiger partial charge in [-0.2, -0.15) is 5.26 Å². The van der Waals surface area contributed by atoms with Gasteiger partial charge in [0.05, 0.1) is 19.3 Å². The molecule has 92 valence electrons. The molecule has 1 N–H and O–H groups in total. The Kier molecular flexibility index (Phi) is 5.68. The monoisotopic (exact) mass is 232 g/mol. The molecule has 0 aliphatic heterocycles. The van der Waals surface area contributed by atoms with Crippen LogP contribution >= 0.6 is 0 Å². The van der Waals surface area contributed by atoms with Crippen molar-refractivity contribution in [2.75, 3.05) is 6.61 Å². The molecule has 0 amide bonds. The van der Waals surface area contributed by atoms with Gasteiger partial charge in [-0.3, -0.25) is 5.32 Å². The van der Waals surface area contributed by atoms with Crippen molar-refractivity contribution < 1.29 is 4.74 Å². The van der Waals surface area contributed by atoms with Gasteiger partial charge in [-0.05, 0) is 26.3 Å². The van der Waals surface area contributed by atoms with Crippen LogP contribution < -0.4 is 5.32 Å². The SMILES string of the molecule is Cc1cccc(COCC(C#N)NC(C)C)c1. The Morgan fingerprint density at radius 2 is 2.18 bits per heavy atom. The number of nitrogens with one attached hydrogen (secondary N) is 1. The maximum atomic E-state index is 8.92. The summed E-state index contributed by atoms with van der Waals surface area (Å²) in [6, 6.07) is 10.5. The Bertz CT molecular complexity index is 382. The lowest BCUT2D eigenvalue weighted by Crippen LogP contribution is -2.37. The van der Waals surface area contributed by atoms with Gasteiger partial charge in [-0.15, -0.1) is 0 Å². The molecule has 0 saturated carbocycles. The number of aryl methyl sites for hydroxylation is 1. The minimum atomic E-state index is -0.236. The molecule has 1 atom stereocenters. The predicted molar refractivity (Wildman–Crippen MR) is 68.5 cm³/mol. The summed E-state index contributed by atoms with van der Waals surface area (Å²) in [6.45, 7) is 7.07. The lowest BCUT2D eigenvalue weighted by molar-refractivity contribution is 0.108. The first kappa shape index (κ1) is 13.7. The zero-order valence-electron chi connectivity index (χ0n) is 10.7. The highest BCUT2D eigenvalue weighted by Crippen LogP contribution is 2.05. The molecule has 1 unspecified atom stereocenters. The van der Waals surface area contributed by atoms with E-state index in [0.29, 0.717) is 19.3 Å². The predicted octanol–water partition coefficient (Wildman–Crippen LogP) is 2.40. The van der Waals surface area contributed by atoms with Crippen LogP contribution in [-0.4, -0.2) is 18.7 Å². The molecule has 1 rings (SSSR count). The van der Waals surface area contributed by atoms with E-state index < -0.39 is 0 Å². The van der Waals surface area contributed by atoms with Gasteiger partial charge < -0.3 is 4.74 Å². The van der Waals surface area contributed by atoms with Crippen molar-refractivity contribution in [1.82, 2.24) is 5.32 Å². The van der Waals surface area contributed by atoms with E-state index in [1.807, 2.05) is 26.0 Å². The molecule has 0 heterocycles. The van der Waals surface area contributed by atoms with Crippen LogP contribution in [0, 0.1) is 18.3 Å². The van der Waals surface area contributed by atoms with Crippen molar-refractivity contribution in [3.05, 3.63) is 35.4 Å². The Hall–Kier alpha value is -1.37. The molecule has 0 fully saturated rings. The number of nitrogens with zero attached hydrogens (tertiary/aromatic N) is 1. The third-order valence-electron chi connectivity index (χ3n) is 2.33. The van der Waals surface area contributed by atoms with Crippen LogP contribution in [0.1, 0.15) is 25.0 Å². The Morgan fingerprint density at radius 3 is 2.76 bits per heavy atom. The maximum Gasteiger partial charge on any atom is 0.119 e. The van der Waals surface area contributed by atoms with Gasteiger partial charge in [0.25, 0.3) is 0 Å². The smallest absolute Gasteiger partial charge is 0.119 e. The molecule has 0 radical (unpaired) electrons. The van der Waals surface area contributed by atoms with E-state index in [1.165, 1.54) is 5.56 Å². The summed E-state index contributed by atoms with van der Waals surface area (Å²) >= 11 is 0. The second-order valence-corrected chi connectivity index (χ2v) is 4.51.